The lowest BCUT2D eigenvalue weighted by molar-refractivity contribution is -0.116. The Morgan fingerprint density at radius 2 is 1.82 bits per heavy atom. The molecule has 2 heterocycles. The average Bonchev–Trinajstić information content (AvgIpc) is 3.03. The number of Topliss-reactive ketones (excluding diaryl/α,β-unsaturated/α-hetero) is 1. The summed E-state index contributed by atoms with van der Waals surface area (Å²) in [6.07, 6.45) is 2.02. The van der Waals surface area contributed by atoms with Crippen molar-refractivity contribution in [2.45, 2.75) is 25.2 Å². The van der Waals surface area contributed by atoms with Gasteiger partial charge in [-0.2, -0.15) is 0 Å². The Morgan fingerprint density at radius 3 is 2.61 bits per heavy atom. The van der Waals surface area contributed by atoms with E-state index >= 15 is 0 Å². The van der Waals surface area contributed by atoms with Crippen molar-refractivity contribution in [1.82, 2.24) is 9.78 Å². The van der Waals surface area contributed by atoms with E-state index in [2.05, 4.69) is 10.4 Å². The number of nitrogens with one attached hydrogen (secondary N) is 2. The molecule has 1 aromatic heterocycles. The van der Waals surface area contributed by atoms with E-state index in [1.807, 2.05) is 36.4 Å². The van der Waals surface area contributed by atoms with Gasteiger partial charge in [0.1, 0.15) is 11.6 Å². The number of H-pyrrole nitrogens is 1. The van der Waals surface area contributed by atoms with Crippen molar-refractivity contribution in [2.75, 3.05) is 5.32 Å². The van der Waals surface area contributed by atoms with Crippen LogP contribution in [0, 0.1) is 0 Å². The first-order valence-corrected chi connectivity index (χ1v) is 9.36. The van der Waals surface area contributed by atoms with Crippen molar-refractivity contribution in [2.24, 2.45) is 0 Å². The fourth-order valence-corrected chi connectivity index (χ4v) is 4.23. The van der Waals surface area contributed by atoms with Gasteiger partial charge in [0, 0.05) is 23.6 Å². The number of phenols is 1. The second kappa shape index (κ2) is 6.27. The number of aromatic amines is 1. The molecule has 1 aliphatic carbocycles. The number of aromatic nitrogens is 2. The van der Waals surface area contributed by atoms with Gasteiger partial charge in [-0.25, -0.2) is 4.68 Å². The number of carbonyl (C=O) groups is 1. The van der Waals surface area contributed by atoms with E-state index in [1.54, 1.807) is 18.2 Å². The predicted molar refractivity (Wildman–Crippen MR) is 106 cm³/mol. The summed E-state index contributed by atoms with van der Waals surface area (Å²) < 4.78 is 1.50. The minimum Gasteiger partial charge on any atom is -0.508 e. The Hall–Kier alpha value is -3.54. The highest BCUT2D eigenvalue weighted by Crippen LogP contribution is 2.44. The monoisotopic (exact) mass is 373 g/mol. The van der Waals surface area contributed by atoms with Gasteiger partial charge in [0.2, 0.25) is 0 Å². The second-order valence-corrected chi connectivity index (χ2v) is 7.20. The fraction of sp³-hybridized carbons (Fsp3) is 0.182. The standard InChI is InChI=1S/C22H19N3O3/c26-15-9-4-6-13(12-15)18-19-16(10-5-11-17(19)27)23-21-20(18)22(28)25(24-21)14-7-2-1-3-8-14/h1-4,6-9,12,18,23-24,26H,5,10-11H2/t18-/m0/s1. The van der Waals surface area contributed by atoms with Crippen molar-refractivity contribution >= 4 is 11.6 Å². The molecular weight excluding hydrogens is 354 g/mol. The van der Waals surface area contributed by atoms with Gasteiger partial charge < -0.3 is 10.4 Å². The van der Waals surface area contributed by atoms with Crippen LogP contribution in [0.4, 0.5) is 5.82 Å². The average molecular weight is 373 g/mol. The number of benzene rings is 2. The van der Waals surface area contributed by atoms with Gasteiger partial charge in [0.05, 0.1) is 11.3 Å². The molecule has 0 radical (unpaired) electrons. The second-order valence-electron chi connectivity index (χ2n) is 7.20. The highest BCUT2D eigenvalue weighted by molar-refractivity contribution is 6.00. The number of phenolic OH excluding ortho intramolecular Hbond substituents is 1. The van der Waals surface area contributed by atoms with Crippen LogP contribution in [-0.2, 0) is 4.79 Å². The molecule has 0 spiro atoms. The number of carbonyl (C=O) groups excluding carboxylic acids is 1. The molecule has 2 aliphatic rings. The predicted octanol–water partition coefficient (Wildman–Crippen LogP) is 3.44. The van der Waals surface area contributed by atoms with Crippen LogP contribution in [0.3, 0.4) is 0 Å². The van der Waals surface area contributed by atoms with Crippen LogP contribution in [0.15, 0.2) is 70.7 Å². The summed E-state index contributed by atoms with van der Waals surface area (Å²) in [6, 6.07) is 16.1. The van der Waals surface area contributed by atoms with Crippen LogP contribution in [0.5, 0.6) is 5.75 Å². The number of hydrogen-bond acceptors (Lipinski definition) is 4. The van der Waals surface area contributed by atoms with E-state index in [0.29, 0.717) is 23.4 Å². The Labute approximate surface area is 161 Å². The normalized spacial score (nSPS) is 18.4. The third kappa shape index (κ3) is 2.49. The molecule has 2 aromatic carbocycles. The van der Waals surface area contributed by atoms with Crippen LogP contribution in [0.1, 0.15) is 36.3 Å². The quantitative estimate of drug-likeness (QED) is 0.642. The molecule has 3 N–H and O–H groups in total. The molecule has 0 bridgehead atoms. The molecule has 140 valence electrons. The largest absolute Gasteiger partial charge is 0.508 e. The van der Waals surface area contributed by atoms with Gasteiger partial charge in [-0.1, -0.05) is 30.3 Å². The molecule has 0 amide bonds. The highest BCUT2D eigenvalue weighted by atomic mass is 16.3. The number of fused-ring (bicyclic) bond motifs is 1. The number of anilines is 1. The number of nitrogens with zero attached hydrogens (tertiary/aromatic N) is 1. The third-order valence-corrected chi connectivity index (χ3v) is 5.45. The Balaban J connectivity index is 1.76. The smallest absolute Gasteiger partial charge is 0.277 e. The van der Waals surface area contributed by atoms with E-state index in [9.17, 15) is 14.7 Å². The zero-order valence-corrected chi connectivity index (χ0v) is 15.1. The van der Waals surface area contributed by atoms with E-state index in [1.165, 1.54) is 4.68 Å². The van der Waals surface area contributed by atoms with Gasteiger partial charge in [-0.3, -0.25) is 14.7 Å². The minimum absolute atomic E-state index is 0.0552. The topological polar surface area (TPSA) is 87.1 Å². The molecule has 28 heavy (non-hydrogen) atoms. The fourth-order valence-electron chi connectivity index (χ4n) is 4.23. The lowest BCUT2D eigenvalue weighted by Crippen LogP contribution is -2.29. The van der Waals surface area contributed by atoms with Gasteiger partial charge in [0.15, 0.2) is 5.78 Å². The minimum atomic E-state index is -0.500. The lowest BCUT2D eigenvalue weighted by Gasteiger charge is -2.31. The maximum absolute atomic E-state index is 13.4. The third-order valence-electron chi connectivity index (χ3n) is 5.45. The molecular formula is C22H19N3O3. The van der Waals surface area contributed by atoms with Crippen molar-refractivity contribution in [3.8, 4) is 11.4 Å². The molecule has 0 saturated carbocycles. The first-order chi connectivity index (χ1) is 13.6. The van der Waals surface area contributed by atoms with Crippen LogP contribution in [0.25, 0.3) is 5.69 Å². The number of aromatic hydroxyl groups is 1. The van der Waals surface area contributed by atoms with E-state index in [4.69, 9.17) is 0 Å². The zero-order chi connectivity index (χ0) is 19.3. The summed E-state index contributed by atoms with van der Waals surface area (Å²) in [5.74, 6) is 0.275. The van der Waals surface area contributed by atoms with E-state index < -0.39 is 5.92 Å². The van der Waals surface area contributed by atoms with Gasteiger partial charge in [-0.05, 0) is 42.7 Å². The van der Waals surface area contributed by atoms with Crippen molar-refractivity contribution in [3.63, 3.8) is 0 Å². The van der Waals surface area contributed by atoms with Crippen molar-refractivity contribution in [1.29, 1.82) is 0 Å². The first kappa shape index (κ1) is 16.6. The van der Waals surface area contributed by atoms with E-state index in [-0.39, 0.29) is 17.1 Å². The summed E-state index contributed by atoms with van der Waals surface area (Å²) >= 11 is 0. The molecule has 6 nitrogen and oxygen atoms in total. The van der Waals surface area contributed by atoms with Gasteiger partial charge >= 0.3 is 0 Å². The number of para-hydroxylation sites is 1. The molecule has 6 heteroatoms. The summed E-state index contributed by atoms with van der Waals surface area (Å²) in [5.41, 5.74) is 3.26. The first-order valence-electron chi connectivity index (χ1n) is 9.36. The SMILES string of the molecule is O=C1CCCC2=C1[C@H](c1cccc(O)c1)c1c([nH]n(-c3ccccc3)c1=O)N2. The number of ketones is 1. The van der Waals surface area contributed by atoms with Gasteiger partial charge in [0.25, 0.3) is 5.56 Å². The van der Waals surface area contributed by atoms with Crippen LogP contribution < -0.4 is 10.9 Å². The molecule has 5 rings (SSSR count). The molecule has 1 atom stereocenters. The summed E-state index contributed by atoms with van der Waals surface area (Å²) in [5, 5.41) is 16.5. The maximum Gasteiger partial charge on any atom is 0.277 e. The molecule has 1 aliphatic heterocycles. The Bertz CT molecular complexity index is 1170. The Kier molecular flexibility index (Phi) is 3.72. The van der Waals surface area contributed by atoms with Crippen LogP contribution in [-0.4, -0.2) is 20.7 Å². The molecule has 0 unspecified atom stereocenters. The summed E-state index contributed by atoms with van der Waals surface area (Å²) in [7, 11) is 0. The molecule has 0 fully saturated rings. The van der Waals surface area contributed by atoms with Crippen LogP contribution in [0.2, 0.25) is 0 Å². The van der Waals surface area contributed by atoms with E-state index in [0.717, 1.165) is 29.8 Å². The van der Waals surface area contributed by atoms with Crippen molar-refractivity contribution in [3.05, 3.63) is 87.3 Å². The number of hydrogen-bond donors (Lipinski definition) is 3. The molecule has 3 aromatic rings. The number of rotatable bonds is 2. The Morgan fingerprint density at radius 1 is 1.00 bits per heavy atom. The highest BCUT2D eigenvalue weighted by Gasteiger charge is 2.38. The maximum atomic E-state index is 13.4. The summed E-state index contributed by atoms with van der Waals surface area (Å²) in [4.78, 5) is 26.2. The van der Waals surface area contributed by atoms with Crippen LogP contribution >= 0.6 is 0 Å². The lowest BCUT2D eigenvalue weighted by atomic mass is 9.77. The van der Waals surface area contributed by atoms with Crippen molar-refractivity contribution < 1.29 is 9.90 Å². The molecule has 0 saturated heterocycles. The summed E-state index contributed by atoms with van der Waals surface area (Å²) in [6.45, 7) is 0. The van der Waals surface area contributed by atoms with Gasteiger partial charge in [-0.15, -0.1) is 0 Å². The number of allylic oxidation sites excluding steroid dienone is 2. The zero-order valence-electron chi connectivity index (χ0n) is 15.1.